The van der Waals surface area contributed by atoms with E-state index in [0.29, 0.717) is 17.1 Å². The fourth-order valence-electron chi connectivity index (χ4n) is 3.74. The minimum absolute atomic E-state index is 0.162. The van der Waals surface area contributed by atoms with Gasteiger partial charge in [0, 0.05) is 17.8 Å². The molecule has 3 aromatic carbocycles. The lowest BCUT2D eigenvalue weighted by Gasteiger charge is -2.24. The molecule has 2 amide bonds. The number of carbonyl (C=O) groups is 2. The van der Waals surface area contributed by atoms with Crippen molar-refractivity contribution in [3.8, 4) is 5.75 Å². The Morgan fingerprint density at radius 1 is 1.12 bits per heavy atom. The number of hydrogen-bond donors (Lipinski definition) is 3. The lowest BCUT2D eigenvalue weighted by atomic mass is 10.1. The number of ether oxygens (including phenoxy) is 1. The highest BCUT2D eigenvalue weighted by Crippen LogP contribution is 2.32. The zero-order valence-corrected chi connectivity index (χ0v) is 19.6. The van der Waals surface area contributed by atoms with Gasteiger partial charge in [-0.1, -0.05) is 24.3 Å². The Balaban J connectivity index is 1.18. The molecule has 0 fully saturated rings. The van der Waals surface area contributed by atoms with Crippen LogP contribution in [0.3, 0.4) is 0 Å². The Morgan fingerprint density at radius 3 is 2.68 bits per heavy atom. The number of aromatic nitrogens is 1. The molecule has 2 heterocycles. The molecule has 0 saturated heterocycles. The molecule has 4 aromatic rings. The third-order valence-corrected chi connectivity index (χ3v) is 6.64. The van der Waals surface area contributed by atoms with Gasteiger partial charge >= 0.3 is 0 Å². The second kappa shape index (κ2) is 9.15. The molecule has 8 heteroatoms. The Kier molecular flexibility index (Phi) is 5.90. The molecule has 0 aliphatic carbocycles. The SMILES string of the molecule is C[C@@H]1Oc2ccc(N[C@H](C)C(=O)Nc3ccc(Cc4nc5ccccc5s4)cc3)cc2NC1=O. The van der Waals surface area contributed by atoms with Gasteiger partial charge in [0.2, 0.25) is 5.91 Å². The van der Waals surface area contributed by atoms with E-state index in [2.05, 4.69) is 27.0 Å². The Bertz CT molecular complexity index is 1330. The quantitative estimate of drug-likeness (QED) is 0.365. The van der Waals surface area contributed by atoms with E-state index in [1.54, 1.807) is 37.3 Å². The molecule has 0 radical (unpaired) electrons. The topological polar surface area (TPSA) is 92.3 Å². The second-order valence-electron chi connectivity index (χ2n) is 8.26. The average Bonchev–Trinajstić information content (AvgIpc) is 3.23. The normalized spacial score (nSPS) is 15.7. The van der Waals surface area contributed by atoms with E-state index in [1.165, 1.54) is 4.70 Å². The summed E-state index contributed by atoms with van der Waals surface area (Å²) >= 11 is 1.70. The molecular formula is C26H24N4O3S. The number of rotatable bonds is 6. The van der Waals surface area contributed by atoms with Gasteiger partial charge in [0.15, 0.2) is 6.10 Å². The molecule has 0 saturated carbocycles. The summed E-state index contributed by atoms with van der Waals surface area (Å²) in [5, 5.41) is 9.99. The Hall–Kier alpha value is -3.91. The van der Waals surface area contributed by atoms with Crippen LogP contribution in [0.5, 0.6) is 5.75 Å². The van der Waals surface area contributed by atoms with Crippen LogP contribution in [0.4, 0.5) is 17.1 Å². The third kappa shape index (κ3) is 4.72. The van der Waals surface area contributed by atoms with E-state index in [1.807, 2.05) is 48.5 Å². The number of nitrogens with zero attached hydrogens (tertiary/aromatic N) is 1. The van der Waals surface area contributed by atoms with Crippen LogP contribution < -0.4 is 20.7 Å². The third-order valence-electron chi connectivity index (χ3n) is 5.60. The summed E-state index contributed by atoms with van der Waals surface area (Å²) in [6.45, 7) is 3.48. The van der Waals surface area contributed by atoms with Gasteiger partial charge in [-0.05, 0) is 61.9 Å². The lowest BCUT2D eigenvalue weighted by Crippen LogP contribution is -2.34. The number of anilines is 3. The van der Waals surface area contributed by atoms with Crippen molar-refractivity contribution in [2.45, 2.75) is 32.4 Å². The van der Waals surface area contributed by atoms with Crippen LogP contribution in [0.1, 0.15) is 24.4 Å². The first kappa shape index (κ1) is 21.9. The standard InChI is InChI=1S/C26H24N4O3S/c1-15(27-19-11-12-22-21(14-19)30-26(32)16(2)33-22)25(31)28-18-9-7-17(8-10-18)13-24-29-20-5-3-4-6-23(20)34-24/h3-12,14-16,27H,13H2,1-2H3,(H,28,31)(H,30,32)/t15-,16+/m1/s1. The maximum atomic E-state index is 12.7. The molecule has 34 heavy (non-hydrogen) atoms. The van der Waals surface area contributed by atoms with Crippen molar-refractivity contribution in [1.82, 2.24) is 4.98 Å². The summed E-state index contributed by atoms with van der Waals surface area (Å²) < 4.78 is 6.76. The first-order valence-electron chi connectivity index (χ1n) is 11.1. The highest BCUT2D eigenvalue weighted by atomic mass is 32.1. The summed E-state index contributed by atoms with van der Waals surface area (Å²) in [6.07, 6.45) is 0.228. The maximum absolute atomic E-state index is 12.7. The van der Waals surface area contributed by atoms with Crippen LogP contribution in [0, 0.1) is 0 Å². The van der Waals surface area contributed by atoms with Crippen LogP contribution in [0.2, 0.25) is 0 Å². The fourth-order valence-corrected chi connectivity index (χ4v) is 4.74. The van der Waals surface area contributed by atoms with Crippen LogP contribution in [-0.4, -0.2) is 28.9 Å². The highest BCUT2D eigenvalue weighted by Gasteiger charge is 2.24. The van der Waals surface area contributed by atoms with E-state index < -0.39 is 12.1 Å². The molecule has 172 valence electrons. The largest absolute Gasteiger partial charge is 0.479 e. The van der Waals surface area contributed by atoms with Gasteiger partial charge in [-0.3, -0.25) is 9.59 Å². The average molecular weight is 473 g/mol. The molecule has 5 rings (SSSR count). The zero-order valence-electron chi connectivity index (χ0n) is 18.8. The second-order valence-corrected chi connectivity index (χ2v) is 9.38. The maximum Gasteiger partial charge on any atom is 0.265 e. The highest BCUT2D eigenvalue weighted by molar-refractivity contribution is 7.18. The fraction of sp³-hybridized carbons (Fsp3) is 0.192. The van der Waals surface area contributed by atoms with E-state index in [4.69, 9.17) is 4.74 Å². The molecule has 0 unspecified atom stereocenters. The van der Waals surface area contributed by atoms with Crippen molar-refractivity contribution in [1.29, 1.82) is 0 Å². The summed E-state index contributed by atoms with van der Waals surface area (Å²) in [6, 6.07) is 20.8. The summed E-state index contributed by atoms with van der Waals surface area (Å²) in [5.74, 6) is 0.258. The Morgan fingerprint density at radius 2 is 1.88 bits per heavy atom. The van der Waals surface area contributed by atoms with Crippen molar-refractivity contribution in [2.24, 2.45) is 0 Å². The molecule has 7 nitrogen and oxygen atoms in total. The monoisotopic (exact) mass is 472 g/mol. The number of para-hydroxylation sites is 1. The first-order chi connectivity index (χ1) is 16.4. The van der Waals surface area contributed by atoms with E-state index in [-0.39, 0.29) is 11.8 Å². The van der Waals surface area contributed by atoms with Gasteiger partial charge < -0.3 is 20.7 Å². The van der Waals surface area contributed by atoms with E-state index in [0.717, 1.165) is 28.2 Å². The number of nitrogens with one attached hydrogen (secondary N) is 3. The van der Waals surface area contributed by atoms with E-state index in [9.17, 15) is 9.59 Å². The van der Waals surface area contributed by atoms with Gasteiger partial charge in [-0.25, -0.2) is 4.98 Å². The van der Waals surface area contributed by atoms with Gasteiger partial charge in [-0.15, -0.1) is 11.3 Å². The number of hydrogen-bond acceptors (Lipinski definition) is 6. The first-order valence-corrected chi connectivity index (χ1v) is 11.9. The molecular weight excluding hydrogens is 448 g/mol. The van der Waals surface area contributed by atoms with Gasteiger partial charge in [-0.2, -0.15) is 0 Å². The van der Waals surface area contributed by atoms with Crippen molar-refractivity contribution in [3.05, 3.63) is 77.3 Å². The smallest absolute Gasteiger partial charge is 0.265 e. The number of amides is 2. The molecule has 1 aliphatic heterocycles. The minimum atomic E-state index is -0.524. The summed E-state index contributed by atoms with van der Waals surface area (Å²) in [7, 11) is 0. The van der Waals surface area contributed by atoms with Crippen molar-refractivity contribution in [2.75, 3.05) is 16.0 Å². The Labute approximate surface area is 201 Å². The van der Waals surface area contributed by atoms with Crippen LogP contribution in [0.25, 0.3) is 10.2 Å². The molecule has 1 aliphatic rings. The lowest BCUT2D eigenvalue weighted by molar-refractivity contribution is -0.122. The molecule has 2 atom stereocenters. The predicted octanol–water partition coefficient (Wildman–Crippen LogP) is 5.05. The van der Waals surface area contributed by atoms with Crippen molar-refractivity contribution < 1.29 is 14.3 Å². The van der Waals surface area contributed by atoms with Crippen LogP contribution in [0.15, 0.2) is 66.7 Å². The molecule has 3 N–H and O–H groups in total. The van der Waals surface area contributed by atoms with Crippen molar-refractivity contribution >= 4 is 50.4 Å². The minimum Gasteiger partial charge on any atom is -0.479 e. The zero-order chi connectivity index (χ0) is 23.7. The number of benzene rings is 3. The molecule has 0 bridgehead atoms. The molecule has 0 spiro atoms. The van der Waals surface area contributed by atoms with Gasteiger partial charge in [0.1, 0.15) is 11.8 Å². The van der Waals surface area contributed by atoms with Gasteiger partial charge in [0.25, 0.3) is 5.91 Å². The number of fused-ring (bicyclic) bond motifs is 2. The summed E-state index contributed by atoms with van der Waals surface area (Å²) in [4.78, 5) is 29.2. The summed E-state index contributed by atoms with van der Waals surface area (Å²) in [5.41, 5.74) is 4.19. The molecule has 1 aromatic heterocycles. The van der Waals surface area contributed by atoms with E-state index >= 15 is 0 Å². The van der Waals surface area contributed by atoms with Crippen molar-refractivity contribution in [3.63, 3.8) is 0 Å². The van der Waals surface area contributed by atoms with Crippen LogP contribution in [-0.2, 0) is 16.0 Å². The number of carbonyl (C=O) groups excluding carboxylic acids is 2. The van der Waals surface area contributed by atoms with Gasteiger partial charge in [0.05, 0.1) is 20.9 Å². The van der Waals surface area contributed by atoms with Crippen LogP contribution >= 0.6 is 11.3 Å². The number of thiazole rings is 1. The predicted molar refractivity (Wildman–Crippen MR) is 136 cm³/mol.